The summed E-state index contributed by atoms with van der Waals surface area (Å²) < 4.78 is 0.813. The molecule has 0 aliphatic rings. The molecule has 0 aliphatic carbocycles. The summed E-state index contributed by atoms with van der Waals surface area (Å²) in [5.41, 5.74) is 0.775. The number of hydrogen-bond acceptors (Lipinski definition) is 7. The average Bonchev–Trinajstić information content (AvgIpc) is 2.92. The number of nitrogens with zero attached hydrogens (tertiary/aromatic N) is 3. The van der Waals surface area contributed by atoms with E-state index in [9.17, 15) is 4.79 Å². The minimum atomic E-state index is -0.837. The van der Waals surface area contributed by atoms with E-state index in [1.165, 1.54) is 28.0 Å². The lowest BCUT2D eigenvalue weighted by atomic mass is 10.3. The number of aryl methyl sites for hydroxylation is 2. The standard InChI is InChI=1S/C13H11N3O2S3/c1-6-3-8-11(19-6)14-5-15-12(8)21-13-16-7(2)9(20-13)4-10(17)18/h3,5H,4H2,1-2H3,(H,17,18). The third-order valence-corrected chi connectivity index (χ3v) is 5.98. The van der Waals surface area contributed by atoms with E-state index in [4.69, 9.17) is 5.11 Å². The maximum absolute atomic E-state index is 10.8. The lowest BCUT2D eigenvalue weighted by Crippen LogP contribution is -1.99. The van der Waals surface area contributed by atoms with Crippen molar-refractivity contribution in [2.75, 3.05) is 0 Å². The van der Waals surface area contributed by atoms with Gasteiger partial charge < -0.3 is 5.11 Å². The van der Waals surface area contributed by atoms with Crippen LogP contribution >= 0.6 is 34.4 Å². The predicted octanol–water partition coefficient (Wildman–Crippen LogP) is 3.54. The Labute approximate surface area is 133 Å². The van der Waals surface area contributed by atoms with Crippen LogP contribution in [-0.4, -0.2) is 26.0 Å². The first-order valence-electron chi connectivity index (χ1n) is 6.10. The van der Waals surface area contributed by atoms with E-state index in [0.29, 0.717) is 0 Å². The van der Waals surface area contributed by atoms with Crippen molar-refractivity contribution < 1.29 is 9.90 Å². The second kappa shape index (κ2) is 5.70. The van der Waals surface area contributed by atoms with E-state index in [-0.39, 0.29) is 6.42 Å². The molecule has 108 valence electrons. The number of aromatic nitrogens is 3. The lowest BCUT2D eigenvalue weighted by Gasteiger charge is -1.97. The molecule has 3 rings (SSSR count). The van der Waals surface area contributed by atoms with Gasteiger partial charge in [0.1, 0.15) is 16.2 Å². The van der Waals surface area contributed by atoms with Gasteiger partial charge in [-0.2, -0.15) is 0 Å². The number of fused-ring (bicyclic) bond motifs is 1. The minimum Gasteiger partial charge on any atom is -0.481 e. The van der Waals surface area contributed by atoms with Crippen LogP contribution in [-0.2, 0) is 11.2 Å². The van der Waals surface area contributed by atoms with Crippen LogP contribution in [0.15, 0.2) is 21.8 Å². The normalized spacial score (nSPS) is 11.1. The van der Waals surface area contributed by atoms with Crippen LogP contribution in [0, 0.1) is 13.8 Å². The van der Waals surface area contributed by atoms with Crippen LogP contribution in [0.1, 0.15) is 15.4 Å². The van der Waals surface area contributed by atoms with Gasteiger partial charge in [-0.15, -0.1) is 22.7 Å². The molecule has 0 bridgehead atoms. The first kappa shape index (κ1) is 14.4. The highest BCUT2D eigenvalue weighted by molar-refractivity contribution is 8.01. The quantitative estimate of drug-likeness (QED) is 0.734. The Balaban J connectivity index is 1.93. The molecule has 0 atom stereocenters. The summed E-state index contributed by atoms with van der Waals surface area (Å²) in [4.78, 5) is 26.8. The van der Waals surface area contributed by atoms with E-state index in [2.05, 4.69) is 21.0 Å². The Hall–Kier alpha value is -1.51. The van der Waals surface area contributed by atoms with Gasteiger partial charge in [-0.3, -0.25) is 4.79 Å². The molecule has 1 N–H and O–H groups in total. The van der Waals surface area contributed by atoms with Crippen molar-refractivity contribution in [3.8, 4) is 0 Å². The smallest absolute Gasteiger partial charge is 0.308 e. The number of aliphatic carboxylic acids is 1. The molecule has 0 fully saturated rings. The highest BCUT2D eigenvalue weighted by Gasteiger charge is 2.14. The van der Waals surface area contributed by atoms with Gasteiger partial charge in [0, 0.05) is 15.1 Å². The molecule has 3 aromatic rings. The third kappa shape index (κ3) is 3.07. The van der Waals surface area contributed by atoms with Crippen molar-refractivity contribution in [3.63, 3.8) is 0 Å². The number of thiophene rings is 1. The fourth-order valence-electron chi connectivity index (χ4n) is 1.86. The molecule has 0 radical (unpaired) electrons. The summed E-state index contributed by atoms with van der Waals surface area (Å²) in [6, 6.07) is 2.07. The second-order valence-electron chi connectivity index (χ2n) is 4.42. The molecule has 0 saturated heterocycles. The molecular weight excluding hydrogens is 326 g/mol. The van der Waals surface area contributed by atoms with Gasteiger partial charge in [0.2, 0.25) is 0 Å². The number of hydrogen-bond donors (Lipinski definition) is 1. The van der Waals surface area contributed by atoms with Crippen LogP contribution in [0.3, 0.4) is 0 Å². The maximum Gasteiger partial charge on any atom is 0.308 e. The van der Waals surface area contributed by atoms with Crippen LogP contribution in [0.4, 0.5) is 0 Å². The molecule has 21 heavy (non-hydrogen) atoms. The number of carbonyl (C=O) groups is 1. The summed E-state index contributed by atoms with van der Waals surface area (Å²) >= 11 is 4.51. The van der Waals surface area contributed by atoms with Crippen LogP contribution in [0.2, 0.25) is 0 Å². The molecule has 8 heteroatoms. The number of rotatable bonds is 4. The molecule has 5 nitrogen and oxygen atoms in total. The summed E-state index contributed by atoms with van der Waals surface area (Å²) in [5, 5.41) is 10.8. The number of thiazole rings is 1. The van der Waals surface area contributed by atoms with Crippen molar-refractivity contribution in [2.24, 2.45) is 0 Å². The Kier molecular flexibility index (Phi) is 3.92. The SMILES string of the molecule is Cc1cc2c(Sc3nc(C)c(CC(=O)O)s3)ncnc2s1. The molecule has 0 spiro atoms. The van der Waals surface area contributed by atoms with Crippen LogP contribution < -0.4 is 0 Å². The zero-order valence-electron chi connectivity index (χ0n) is 11.3. The Morgan fingerprint density at radius 3 is 2.90 bits per heavy atom. The Morgan fingerprint density at radius 1 is 1.33 bits per heavy atom. The van der Waals surface area contributed by atoms with Gasteiger partial charge in [0.05, 0.1) is 12.1 Å². The van der Waals surface area contributed by atoms with Gasteiger partial charge in [-0.05, 0) is 31.7 Å². The van der Waals surface area contributed by atoms with Gasteiger partial charge in [-0.25, -0.2) is 15.0 Å². The summed E-state index contributed by atoms with van der Waals surface area (Å²) in [6.45, 7) is 3.88. The van der Waals surface area contributed by atoms with Crippen LogP contribution in [0.25, 0.3) is 10.2 Å². The molecule has 3 aromatic heterocycles. The Bertz CT molecular complexity index is 825. The third-order valence-electron chi connectivity index (χ3n) is 2.78. The van der Waals surface area contributed by atoms with Crippen molar-refractivity contribution in [3.05, 3.63) is 27.8 Å². The van der Waals surface area contributed by atoms with Gasteiger partial charge in [-0.1, -0.05) is 0 Å². The van der Waals surface area contributed by atoms with Gasteiger partial charge in [0.25, 0.3) is 0 Å². The van der Waals surface area contributed by atoms with E-state index in [0.717, 1.165) is 30.2 Å². The Morgan fingerprint density at radius 2 is 2.14 bits per heavy atom. The fourth-order valence-corrected chi connectivity index (χ4v) is 4.98. The molecule has 0 aromatic carbocycles. The van der Waals surface area contributed by atoms with E-state index >= 15 is 0 Å². The van der Waals surface area contributed by atoms with Crippen molar-refractivity contribution in [1.29, 1.82) is 0 Å². The topological polar surface area (TPSA) is 76.0 Å². The summed E-state index contributed by atoms with van der Waals surface area (Å²) in [6.07, 6.45) is 1.57. The first-order valence-corrected chi connectivity index (χ1v) is 8.55. The predicted molar refractivity (Wildman–Crippen MR) is 84.5 cm³/mol. The number of carboxylic acids is 1. The average molecular weight is 337 g/mol. The van der Waals surface area contributed by atoms with E-state index < -0.39 is 5.97 Å². The molecule has 0 aliphatic heterocycles. The van der Waals surface area contributed by atoms with Gasteiger partial charge >= 0.3 is 5.97 Å². The molecular formula is C13H11N3O2S3. The van der Waals surface area contributed by atoms with E-state index in [1.807, 2.05) is 13.8 Å². The van der Waals surface area contributed by atoms with Crippen molar-refractivity contribution >= 4 is 50.6 Å². The highest BCUT2D eigenvalue weighted by Crippen LogP contribution is 2.37. The minimum absolute atomic E-state index is 0.0147. The monoisotopic (exact) mass is 337 g/mol. The zero-order chi connectivity index (χ0) is 15.0. The molecule has 3 heterocycles. The first-order chi connectivity index (χ1) is 10.0. The lowest BCUT2D eigenvalue weighted by molar-refractivity contribution is -0.136. The van der Waals surface area contributed by atoms with E-state index in [1.54, 1.807) is 17.7 Å². The molecule has 0 amide bonds. The highest BCUT2D eigenvalue weighted by atomic mass is 32.2. The van der Waals surface area contributed by atoms with Crippen LogP contribution in [0.5, 0.6) is 0 Å². The second-order valence-corrected chi connectivity index (χ2v) is 7.97. The van der Waals surface area contributed by atoms with Crippen molar-refractivity contribution in [2.45, 2.75) is 29.6 Å². The molecule has 0 unspecified atom stereocenters. The number of carboxylic acid groups (broad SMARTS) is 1. The summed E-state index contributed by atoms with van der Waals surface area (Å²) in [5.74, 6) is -0.837. The summed E-state index contributed by atoms with van der Waals surface area (Å²) in [7, 11) is 0. The van der Waals surface area contributed by atoms with Crippen molar-refractivity contribution in [1.82, 2.24) is 15.0 Å². The van der Waals surface area contributed by atoms with Gasteiger partial charge in [0.15, 0.2) is 4.34 Å². The fraction of sp³-hybridized carbons (Fsp3) is 0.231. The zero-order valence-corrected chi connectivity index (χ0v) is 13.7. The maximum atomic E-state index is 10.8. The molecule has 0 saturated carbocycles. The largest absolute Gasteiger partial charge is 0.481 e.